The highest BCUT2D eigenvalue weighted by molar-refractivity contribution is 4.78. The molecule has 1 atom stereocenters. The van der Waals surface area contributed by atoms with Gasteiger partial charge in [-0.05, 0) is 43.4 Å². The Morgan fingerprint density at radius 1 is 1.14 bits per heavy atom. The van der Waals surface area contributed by atoms with Crippen LogP contribution in [0.25, 0.3) is 0 Å². The minimum absolute atomic E-state index is 0.353. The smallest absolute Gasteiger partial charge is 0.100 e. The van der Waals surface area contributed by atoms with E-state index in [4.69, 9.17) is 0 Å². The third-order valence-electron chi connectivity index (χ3n) is 3.44. The lowest BCUT2D eigenvalue weighted by atomic mass is 9.74. The van der Waals surface area contributed by atoms with Crippen LogP contribution in [-0.4, -0.2) is 6.17 Å². The molecule has 1 fully saturated rings. The summed E-state index contributed by atoms with van der Waals surface area (Å²) in [6, 6.07) is 0. The third kappa shape index (κ3) is 3.98. The van der Waals surface area contributed by atoms with E-state index in [2.05, 4.69) is 20.8 Å². The van der Waals surface area contributed by atoms with E-state index in [-0.39, 0.29) is 0 Å². The van der Waals surface area contributed by atoms with Gasteiger partial charge < -0.3 is 0 Å². The quantitative estimate of drug-likeness (QED) is 0.611. The summed E-state index contributed by atoms with van der Waals surface area (Å²) in [5.74, 6) is 1.20. The topological polar surface area (TPSA) is 0 Å². The average Bonchev–Trinajstić information content (AvgIpc) is 2.02. The SMILES string of the molecule is CC(F)C1CCC(CC(C)(C)C)CC1. The van der Waals surface area contributed by atoms with E-state index >= 15 is 0 Å². The minimum atomic E-state index is -0.592. The van der Waals surface area contributed by atoms with E-state index in [1.54, 1.807) is 6.92 Å². The van der Waals surface area contributed by atoms with Gasteiger partial charge >= 0.3 is 0 Å². The molecule has 0 radical (unpaired) electrons. The van der Waals surface area contributed by atoms with Crippen molar-refractivity contribution in [2.24, 2.45) is 17.3 Å². The Balaban J connectivity index is 2.29. The van der Waals surface area contributed by atoms with Crippen LogP contribution in [0.5, 0.6) is 0 Å². The molecule has 1 saturated carbocycles. The Morgan fingerprint density at radius 3 is 2.00 bits per heavy atom. The molecule has 0 aromatic carbocycles. The molecule has 0 bridgehead atoms. The highest BCUT2D eigenvalue weighted by atomic mass is 19.1. The first-order valence-corrected chi connectivity index (χ1v) is 6.02. The Kier molecular flexibility index (Phi) is 3.97. The Bertz CT molecular complexity index is 159. The number of hydrogen-bond acceptors (Lipinski definition) is 0. The second-order valence-electron chi connectivity index (χ2n) is 6.22. The first-order valence-electron chi connectivity index (χ1n) is 6.02. The molecule has 0 saturated heterocycles. The van der Waals surface area contributed by atoms with Crippen molar-refractivity contribution in [3.63, 3.8) is 0 Å². The molecular weight excluding hydrogens is 175 g/mol. The summed E-state index contributed by atoms with van der Waals surface area (Å²) >= 11 is 0. The van der Waals surface area contributed by atoms with Gasteiger partial charge in [-0.3, -0.25) is 0 Å². The first-order chi connectivity index (χ1) is 6.38. The van der Waals surface area contributed by atoms with Crippen molar-refractivity contribution < 1.29 is 4.39 Å². The van der Waals surface area contributed by atoms with Gasteiger partial charge in [0, 0.05) is 0 Å². The van der Waals surface area contributed by atoms with Crippen molar-refractivity contribution in [1.82, 2.24) is 0 Å². The van der Waals surface area contributed by atoms with Crippen molar-refractivity contribution in [2.45, 2.75) is 66.0 Å². The van der Waals surface area contributed by atoms with E-state index in [0.29, 0.717) is 11.3 Å². The standard InChI is InChI=1S/C13H25F/c1-10(14)12-7-5-11(6-8-12)9-13(2,3)4/h10-12H,5-9H2,1-4H3. The van der Waals surface area contributed by atoms with Crippen molar-refractivity contribution in [3.05, 3.63) is 0 Å². The van der Waals surface area contributed by atoms with Crippen LogP contribution in [0, 0.1) is 17.3 Å². The van der Waals surface area contributed by atoms with Gasteiger partial charge in [-0.1, -0.05) is 33.6 Å². The van der Waals surface area contributed by atoms with E-state index in [1.807, 2.05) is 0 Å². The average molecular weight is 200 g/mol. The van der Waals surface area contributed by atoms with Gasteiger partial charge in [-0.2, -0.15) is 0 Å². The lowest BCUT2D eigenvalue weighted by Gasteiger charge is -2.33. The monoisotopic (exact) mass is 200 g/mol. The van der Waals surface area contributed by atoms with Crippen LogP contribution in [0.2, 0.25) is 0 Å². The zero-order valence-corrected chi connectivity index (χ0v) is 10.1. The van der Waals surface area contributed by atoms with E-state index in [1.165, 1.54) is 19.3 Å². The van der Waals surface area contributed by atoms with Crippen LogP contribution in [0.15, 0.2) is 0 Å². The van der Waals surface area contributed by atoms with Crippen molar-refractivity contribution in [1.29, 1.82) is 0 Å². The highest BCUT2D eigenvalue weighted by Gasteiger charge is 2.27. The molecule has 0 aromatic heterocycles. The molecule has 1 unspecified atom stereocenters. The van der Waals surface area contributed by atoms with E-state index in [9.17, 15) is 4.39 Å². The van der Waals surface area contributed by atoms with Crippen LogP contribution in [0.3, 0.4) is 0 Å². The fourth-order valence-corrected chi connectivity index (χ4v) is 2.72. The summed E-state index contributed by atoms with van der Waals surface area (Å²) in [4.78, 5) is 0. The second kappa shape index (κ2) is 4.63. The molecule has 0 heterocycles. The van der Waals surface area contributed by atoms with Crippen LogP contribution in [0.1, 0.15) is 59.8 Å². The molecule has 0 spiro atoms. The first kappa shape index (κ1) is 12.0. The highest BCUT2D eigenvalue weighted by Crippen LogP contribution is 2.37. The van der Waals surface area contributed by atoms with Gasteiger partial charge in [0.1, 0.15) is 6.17 Å². The largest absolute Gasteiger partial charge is 0.247 e. The Hall–Kier alpha value is -0.0700. The van der Waals surface area contributed by atoms with Crippen molar-refractivity contribution >= 4 is 0 Å². The maximum atomic E-state index is 13.1. The lowest BCUT2D eigenvalue weighted by molar-refractivity contribution is 0.146. The van der Waals surface area contributed by atoms with E-state index in [0.717, 1.165) is 18.8 Å². The van der Waals surface area contributed by atoms with Crippen LogP contribution < -0.4 is 0 Å². The molecule has 1 aliphatic carbocycles. The zero-order chi connectivity index (χ0) is 10.8. The van der Waals surface area contributed by atoms with Gasteiger partial charge in [-0.15, -0.1) is 0 Å². The summed E-state index contributed by atoms with van der Waals surface area (Å²) in [7, 11) is 0. The summed E-state index contributed by atoms with van der Waals surface area (Å²) in [6.45, 7) is 8.62. The molecule has 84 valence electrons. The number of halogens is 1. The maximum Gasteiger partial charge on any atom is 0.100 e. The van der Waals surface area contributed by atoms with E-state index < -0.39 is 6.17 Å². The molecule has 0 aromatic rings. The lowest BCUT2D eigenvalue weighted by Crippen LogP contribution is -2.23. The summed E-state index contributed by atoms with van der Waals surface area (Å²) < 4.78 is 13.1. The molecule has 0 amide bonds. The Labute approximate surface area is 88.3 Å². The summed E-state index contributed by atoms with van der Waals surface area (Å²) in [5, 5.41) is 0. The summed E-state index contributed by atoms with van der Waals surface area (Å²) in [6.07, 6.45) is 5.43. The predicted octanol–water partition coefficient (Wildman–Crippen LogP) is 4.59. The van der Waals surface area contributed by atoms with Crippen molar-refractivity contribution in [3.8, 4) is 0 Å². The zero-order valence-electron chi connectivity index (χ0n) is 10.1. The minimum Gasteiger partial charge on any atom is -0.247 e. The van der Waals surface area contributed by atoms with Crippen molar-refractivity contribution in [2.75, 3.05) is 0 Å². The maximum absolute atomic E-state index is 13.1. The molecule has 0 N–H and O–H groups in total. The summed E-state index contributed by atoms with van der Waals surface area (Å²) in [5.41, 5.74) is 0.443. The molecule has 1 heteroatoms. The molecule has 0 aliphatic heterocycles. The van der Waals surface area contributed by atoms with Gasteiger partial charge in [0.05, 0.1) is 0 Å². The Morgan fingerprint density at radius 2 is 1.64 bits per heavy atom. The van der Waals surface area contributed by atoms with Crippen LogP contribution in [0.4, 0.5) is 4.39 Å². The predicted molar refractivity (Wildman–Crippen MR) is 60.1 cm³/mol. The number of rotatable bonds is 2. The van der Waals surface area contributed by atoms with Gasteiger partial charge in [0.2, 0.25) is 0 Å². The van der Waals surface area contributed by atoms with Gasteiger partial charge in [0.25, 0.3) is 0 Å². The number of alkyl halides is 1. The molecule has 1 rings (SSSR count). The van der Waals surface area contributed by atoms with Crippen LogP contribution >= 0.6 is 0 Å². The second-order valence-corrected chi connectivity index (χ2v) is 6.22. The molecule has 14 heavy (non-hydrogen) atoms. The van der Waals surface area contributed by atoms with Crippen LogP contribution in [-0.2, 0) is 0 Å². The van der Waals surface area contributed by atoms with Gasteiger partial charge in [-0.25, -0.2) is 4.39 Å². The third-order valence-corrected chi connectivity index (χ3v) is 3.44. The molecule has 1 aliphatic rings. The fraction of sp³-hybridized carbons (Fsp3) is 1.00. The molecular formula is C13H25F. The van der Waals surface area contributed by atoms with Gasteiger partial charge in [0.15, 0.2) is 0 Å². The number of hydrogen-bond donors (Lipinski definition) is 0. The molecule has 0 nitrogen and oxygen atoms in total. The normalized spacial score (nSPS) is 31.5. The fourth-order valence-electron chi connectivity index (χ4n) is 2.72.